The zero-order chi connectivity index (χ0) is 18.0. The van der Waals surface area contributed by atoms with Gasteiger partial charge in [0.15, 0.2) is 5.82 Å². The number of nitrogens with zero attached hydrogens (tertiary/aromatic N) is 3. The third kappa shape index (κ3) is 3.83. The number of hydrogen-bond donors (Lipinski definition) is 2. The summed E-state index contributed by atoms with van der Waals surface area (Å²) in [4.78, 5) is 0. The topological polar surface area (TPSA) is 75.4 Å². The van der Waals surface area contributed by atoms with Gasteiger partial charge in [0.05, 0.1) is 17.8 Å². The second kappa shape index (κ2) is 7.51. The molecule has 2 N–H and O–H groups in total. The minimum absolute atomic E-state index is 0.0879. The van der Waals surface area contributed by atoms with Gasteiger partial charge in [-0.15, -0.1) is 0 Å². The Bertz CT molecular complexity index is 1010. The molecule has 0 amide bonds. The molecule has 3 aromatic rings. The molecule has 1 heterocycles. The van der Waals surface area contributed by atoms with Crippen molar-refractivity contribution in [3.63, 3.8) is 0 Å². The fourth-order valence-electron chi connectivity index (χ4n) is 2.15. The highest BCUT2D eigenvalue weighted by atomic mass is 79.9. The van der Waals surface area contributed by atoms with Crippen molar-refractivity contribution in [3.05, 3.63) is 55.7 Å². The van der Waals surface area contributed by atoms with Gasteiger partial charge in [0.1, 0.15) is 11.5 Å². The molecule has 0 aliphatic rings. The molecular weight excluding hydrogens is 472 g/mol. The second-order valence-corrected chi connectivity index (χ2v) is 7.12. The van der Waals surface area contributed by atoms with Gasteiger partial charge in [-0.3, -0.25) is 0 Å². The lowest BCUT2D eigenvalue weighted by molar-refractivity contribution is 0.415. The number of halogens is 2. The Hall–Kier alpha value is -1.97. The maximum atomic E-state index is 10.1. The average Bonchev–Trinajstić information content (AvgIpc) is 2.97. The maximum Gasteiger partial charge on any atom is 0.216 e. The first kappa shape index (κ1) is 17.8. The Morgan fingerprint density at radius 2 is 2.12 bits per heavy atom. The van der Waals surface area contributed by atoms with Crippen molar-refractivity contribution in [3.8, 4) is 22.9 Å². The normalized spacial score (nSPS) is 11.2. The number of ether oxygens (including phenoxy) is 1. The quantitative estimate of drug-likeness (QED) is 0.415. The molecule has 0 radical (unpaired) electrons. The van der Waals surface area contributed by atoms with Crippen molar-refractivity contribution in [2.45, 2.75) is 0 Å². The molecule has 2 aromatic carbocycles. The van der Waals surface area contributed by atoms with Crippen molar-refractivity contribution in [1.82, 2.24) is 14.9 Å². The number of phenolic OH excluding ortho intramolecular Hbond substituents is 1. The number of aromatic amines is 1. The summed E-state index contributed by atoms with van der Waals surface area (Å²) in [6.45, 7) is 0. The van der Waals surface area contributed by atoms with Crippen LogP contribution in [0, 0.1) is 4.77 Å². The van der Waals surface area contributed by atoms with E-state index in [2.05, 4.69) is 47.2 Å². The van der Waals surface area contributed by atoms with Crippen LogP contribution in [-0.2, 0) is 0 Å². The van der Waals surface area contributed by atoms with Gasteiger partial charge in [0.25, 0.3) is 0 Å². The number of H-pyrrole nitrogens is 1. The molecule has 1 aromatic heterocycles. The Balaban J connectivity index is 2.05. The van der Waals surface area contributed by atoms with Crippen molar-refractivity contribution in [1.29, 1.82) is 0 Å². The third-order valence-electron chi connectivity index (χ3n) is 3.35. The van der Waals surface area contributed by atoms with Crippen LogP contribution in [0.4, 0.5) is 0 Å². The van der Waals surface area contributed by atoms with Gasteiger partial charge in [-0.25, -0.2) is 5.10 Å². The molecule has 0 bridgehead atoms. The van der Waals surface area contributed by atoms with E-state index in [1.54, 1.807) is 19.2 Å². The summed E-state index contributed by atoms with van der Waals surface area (Å²) < 4.78 is 8.43. The molecular formula is C16H12Br2N4O2S. The van der Waals surface area contributed by atoms with Crippen LogP contribution in [-0.4, -0.2) is 33.3 Å². The Morgan fingerprint density at radius 3 is 2.88 bits per heavy atom. The lowest BCUT2D eigenvalue weighted by Crippen LogP contribution is -1.96. The molecule has 3 rings (SSSR count). The largest absolute Gasteiger partial charge is 0.506 e. The van der Waals surface area contributed by atoms with E-state index in [4.69, 9.17) is 17.0 Å². The van der Waals surface area contributed by atoms with Gasteiger partial charge in [0.2, 0.25) is 4.77 Å². The van der Waals surface area contributed by atoms with Gasteiger partial charge in [-0.1, -0.05) is 28.1 Å². The number of benzene rings is 2. The molecule has 0 unspecified atom stereocenters. The highest BCUT2D eigenvalue weighted by molar-refractivity contribution is 9.11. The van der Waals surface area contributed by atoms with Crippen molar-refractivity contribution < 1.29 is 9.84 Å². The van der Waals surface area contributed by atoms with E-state index in [0.717, 1.165) is 10.0 Å². The van der Waals surface area contributed by atoms with Gasteiger partial charge in [-0.2, -0.15) is 14.9 Å². The number of phenols is 1. The summed E-state index contributed by atoms with van der Waals surface area (Å²) in [5.74, 6) is 1.33. The first-order chi connectivity index (χ1) is 12.0. The van der Waals surface area contributed by atoms with Crippen LogP contribution in [0.5, 0.6) is 11.5 Å². The van der Waals surface area contributed by atoms with Crippen LogP contribution in [0.15, 0.2) is 50.4 Å². The molecule has 0 atom stereocenters. The molecule has 0 aliphatic carbocycles. The highest BCUT2D eigenvalue weighted by Crippen LogP contribution is 2.30. The minimum Gasteiger partial charge on any atom is -0.506 e. The number of hydrogen-bond acceptors (Lipinski definition) is 5. The molecule has 25 heavy (non-hydrogen) atoms. The van der Waals surface area contributed by atoms with Gasteiger partial charge < -0.3 is 9.84 Å². The summed E-state index contributed by atoms with van der Waals surface area (Å²) in [6, 6.07) is 10.9. The molecule has 0 saturated heterocycles. The monoisotopic (exact) mass is 482 g/mol. The number of methoxy groups -OCH3 is 1. The van der Waals surface area contributed by atoms with Crippen molar-refractivity contribution in [2.75, 3.05) is 7.11 Å². The summed E-state index contributed by atoms with van der Waals surface area (Å²) in [5.41, 5.74) is 1.32. The zero-order valence-electron chi connectivity index (χ0n) is 12.9. The molecule has 0 spiro atoms. The molecule has 0 saturated carbocycles. The van der Waals surface area contributed by atoms with Gasteiger partial charge >= 0.3 is 0 Å². The van der Waals surface area contributed by atoms with Gasteiger partial charge in [0, 0.05) is 15.6 Å². The standard InChI is InChI=1S/C16H12Br2N4O2S/c1-24-12-4-2-3-9(6-12)15-20-21-16(25)22(15)19-8-10-5-11(17)7-13(18)14(10)23/h2-8,23H,1H3,(H,21,25)/b19-8+. The second-order valence-electron chi connectivity index (χ2n) is 4.97. The third-order valence-corrected chi connectivity index (χ3v) is 4.67. The fourth-order valence-corrected chi connectivity index (χ4v) is 3.59. The lowest BCUT2D eigenvalue weighted by atomic mass is 10.2. The van der Waals surface area contributed by atoms with E-state index in [9.17, 15) is 5.11 Å². The smallest absolute Gasteiger partial charge is 0.216 e. The zero-order valence-corrected chi connectivity index (χ0v) is 16.9. The van der Waals surface area contributed by atoms with E-state index in [0.29, 0.717) is 26.4 Å². The molecule has 0 fully saturated rings. The Kier molecular flexibility index (Phi) is 5.36. The van der Waals surface area contributed by atoms with Crippen molar-refractivity contribution in [2.24, 2.45) is 5.10 Å². The van der Waals surface area contributed by atoms with E-state index >= 15 is 0 Å². The van der Waals surface area contributed by atoms with Crippen LogP contribution >= 0.6 is 44.1 Å². The summed E-state index contributed by atoms with van der Waals surface area (Å²) >= 11 is 11.9. The van der Waals surface area contributed by atoms with Crippen LogP contribution in [0.25, 0.3) is 11.4 Å². The Morgan fingerprint density at radius 1 is 1.32 bits per heavy atom. The fraction of sp³-hybridized carbons (Fsp3) is 0.0625. The summed E-state index contributed by atoms with van der Waals surface area (Å²) in [6.07, 6.45) is 1.51. The molecule has 6 nitrogen and oxygen atoms in total. The molecule has 0 aliphatic heterocycles. The summed E-state index contributed by atoms with van der Waals surface area (Å²) in [5, 5.41) is 21.5. The maximum absolute atomic E-state index is 10.1. The van der Waals surface area contributed by atoms with Crippen molar-refractivity contribution >= 4 is 50.3 Å². The molecule has 9 heteroatoms. The predicted octanol–water partition coefficient (Wildman–Crippen LogP) is 4.73. The summed E-state index contributed by atoms with van der Waals surface area (Å²) in [7, 11) is 1.60. The number of rotatable bonds is 4. The first-order valence-electron chi connectivity index (χ1n) is 7.04. The number of aromatic nitrogens is 3. The van der Waals surface area contributed by atoms with Crippen LogP contribution in [0.3, 0.4) is 0 Å². The van der Waals surface area contributed by atoms with E-state index in [-0.39, 0.29) is 5.75 Å². The predicted molar refractivity (Wildman–Crippen MR) is 106 cm³/mol. The SMILES string of the molecule is COc1cccc(-c2n[nH]c(=S)n2/N=C/c2cc(Br)cc(Br)c2O)c1. The minimum atomic E-state index is 0.0879. The van der Waals surface area contributed by atoms with Gasteiger partial charge in [-0.05, 0) is 52.4 Å². The average molecular weight is 484 g/mol. The van der Waals surface area contributed by atoms with E-state index in [1.165, 1.54) is 10.9 Å². The first-order valence-corrected chi connectivity index (χ1v) is 9.03. The lowest BCUT2D eigenvalue weighted by Gasteiger charge is -2.05. The van der Waals surface area contributed by atoms with E-state index < -0.39 is 0 Å². The molecule has 128 valence electrons. The van der Waals surface area contributed by atoms with Crippen LogP contribution < -0.4 is 4.74 Å². The number of aromatic hydroxyl groups is 1. The number of nitrogens with one attached hydrogen (secondary N) is 1. The van der Waals surface area contributed by atoms with Crippen LogP contribution in [0.2, 0.25) is 0 Å². The van der Waals surface area contributed by atoms with Crippen LogP contribution in [0.1, 0.15) is 5.56 Å². The Labute approximate surface area is 165 Å². The van der Waals surface area contributed by atoms with E-state index in [1.807, 2.05) is 24.3 Å². The highest BCUT2D eigenvalue weighted by Gasteiger charge is 2.10.